The first kappa shape index (κ1) is 16.3. The van der Waals surface area contributed by atoms with Crippen molar-refractivity contribution in [1.82, 2.24) is 0 Å². The van der Waals surface area contributed by atoms with Crippen LogP contribution in [0, 0.1) is 0 Å². The van der Waals surface area contributed by atoms with Crippen molar-refractivity contribution in [2.75, 3.05) is 13.2 Å². The molecule has 20 heavy (non-hydrogen) atoms. The van der Waals surface area contributed by atoms with Crippen LogP contribution in [0.1, 0.15) is 18.9 Å². The van der Waals surface area contributed by atoms with E-state index < -0.39 is 23.8 Å². The Morgan fingerprint density at radius 2 is 2.00 bits per heavy atom. The van der Waals surface area contributed by atoms with E-state index in [1.54, 1.807) is 6.92 Å². The number of halogens is 3. The predicted octanol–water partition coefficient (Wildman–Crippen LogP) is 2.36. The van der Waals surface area contributed by atoms with Crippen LogP contribution in [-0.4, -0.2) is 25.2 Å². The molecule has 0 aliphatic rings. The Hall–Kier alpha value is -1.76. The standard InChI is InChI=1S/C13H16F3NO3/c1-2-19-12(18)10(17)7-8-20-11-6-4-3-5-9(11)13(14,15)16/h3-6,10H,2,7-8,17H2,1H3. The van der Waals surface area contributed by atoms with Gasteiger partial charge in [0.25, 0.3) is 0 Å². The molecule has 0 fully saturated rings. The van der Waals surface area contributed by atoms with Crippen LogP contribution in [0.5, 0.6) is 5.75 Å². The van der Waals surface area contributed by atoms with Crippen LogP contribution in [-0.2, 0) is 15.7 Å². The molecule has 1 unspecified atom stereocenters. The Morgan fingerprint density at radius 1 is 1.35 bits per heavy atom. The van der Waals surface area contributed by atoms with E-state index in [2.05, 4.69) is 4.74 Å². The molecule has 1 aromatic rings. The van der Waals surface area contributed by atoms with Crippen LogP contribution < -0.4 is 10.5 Å². The third-order valence-electron chi connectivity index (χ3n) is 2.47. The van der Waals surface area contributed by atoms with Gasteiger partial charge >= 0.3 is 12.1 Å². The highest BCUT2D eigenvalue weighted by Gasteiger charge is 2.34. The molecule has 0 heterocycles. The molecule has 0 bridgehead atoms. The quantitative estimate of drug-likeness (QED) is 0.817. The van der Waals surface area contributed by atoms with Gasteiger partial charge in [-0.15, -0.1) is 0 Å². The molecule has 0 amide bonds. The van der Waals surface area contributed by atoms with E-state index in [1.807, 2.05) is 0 Å². The summed E-state index contributed by atoms with van der Waals surface area (Å²) in [5.41, 5.74) is 4.66. The number of benzene rings is 1. The molecule has 0 radical (unpaired) electrons. The Morgan fingerprint density at radius 3 is 2.60 bits per heavy atom. The van der Waals surface area contributed by atoms with Gasteiger partial charge in [0.2, 0.25) is 0 Å². The van der Waals surface area contributed by atoms with Crippen molar-refractivity contribution in [3.8, 4) is 5.75 Å². The summed E-state index contributed by atoms with van der Waals surface area (Å²) in [6, 6.07) is 3.96. The van der Waals surface area contributed by atoms with Crippen LogP contribution >= 0.6 is 0 Å². The number of carbonyl (C=O) groups is 1. The van der Waals surface area contributed by atoms with Gasteiger partial charge in [0.1, 0.15) is 11.8 Å². The lowest BCUT2D eigenvalue weighted by atomic mass is 10.2. The first-order chi connectivity index (χ1) is 9.36. The highest BCUT2D eigenvalue weighted by molar-refractivity contribution is 5.75. The van der Waals surface area contributed by atoms with E-state index in [-0.39, 0.29) is 25.4 Å². The number of hydrogen-bond acceptors (Lipinski definition) is 4. The van der Waals surface area contributed by atoms with Gasteiger partial charge in [-0.25, -0.2) is 0 Å². The fourth-order valence-corrected chi connectivity index (χ4v) is 1.49. The Balaban J connectivity index is 2.57. The first-order valence-corrected chi connectivity index (χ1v) is 6.07. The average Bonchev–Trinajstić information content (AvgIpc) is 2.38. The van der Waals surface area contributed by atoms with E-state index in [9.17, 15) is 18.0 Å². The molecule has 0 aliphatic heterocycles. The summed E-state index contributed by atoms with van der Waals surface area (Å²) in [5, 5.41) is 0. The smallest absolute Gasteiger partial charge is 0.419 e. The molecule has 4 nitrogen and oxygen atoms in total. The van der Waals surface area contributed by atoms with Crippen molar-refractivity contribution < 1.29 is 27.4 Å². The third kappa shape index (κ3) is 4.73. The van der Waals surface area contributed by atoms with Gasteiger partial charge in [-0.05, 0) is 19.1 Å². The maximum absolute atomic E-state index is 12.7. The summed E-state index contributed by atoms with van der Waals surface area (Å²) < 4.78 is 47.8. The van der Waals surface area contributed by atoms with E-state index in [0.29, 0.717) is 0 Å². The molecule has 1 atom stereocenters. The number of alkyl halides is 3. The lowest BCUT2D eigenvalue weighted by molar-refractivity contribution is -0.145. The normalized spacial score (nSPS) is 12.8. The number of ether oxygens (including phenoxy) is 2. The monoisotopic (exact) mass is 291 g/mol. The van der Waals surface area contributed by atoms with Gasteiger partial charge in [-0.3, -0.25) is 4.79 Å². The van der Waals surface area contributed by atoms with E-state index in [1.165, 1.54) is 18.2 Å². The molecule has 112 valence electrons. The van der Waals surface area contributed by atoms with Crippen molar-refractivity contribution in [2.24, 2.45) is 5.73 Å². The maximum Gasteiger partial charge on any atom is 0.419 e. The largest absolute Gasteiger partial charge is 0.493 e. The van der Waals surface area contributed by atoms with Crippen molar-refractivity contribution in [3.63, 3.8) is 0 Å². The van der Waals surface area contributed by atoms with Crippen molar-refractivity contribution >= 4 is 5.97 Å². The van der Waals surface area contributed by atoms with Gasteiger partial charge in [0.15, 0.2) is 0 Å². The molecule has 7 heteroatoms. The van der Waals surface area contributed by atoms with Crippen LogP contribution in [0.4, 0.5) is 13.2 Å². The highest BCUT2D eigenvalue weighted by Crippen LogP contribution is 2.35. The molecule has 0 aromatic heterocycles. The fraction of sp³-hybridized carbons (Fsp3) is 0.462. The number of rotatable bonds is 6. The first-order valence-electron chi connectivity index (χ1n) is 6.07. The van der Waals surface area contributed by atoms with Crippen LogP contribution in [0.25, 0.3) is 0 Å². The summed E-state index contributed by atoms with van der Waals surface area (Å²) in [5.74, 6) is -0.878. The zero-order chi connectivity index (χ0) is 15.2. The van der Waals surface area contributed by atoms with Gasteiger partial charge in [0.05, 0.1) is 18.8 Å². The summed E-state index contributed by atoms with van der Waals surface area (Å²) in [7, 11) is 0. The minimum atomic E-state index is -4.49. The van der Waals surface area contributed by atoms with Crippen LogP contribution in [0.3, 0.4) is 0 Å². The summed E-state index contributed by atoms with van der Waals surface area (Å²) in [4.78, 5) is 11.2. The van der Waals surface area contributed by atoms with Gasteiger partial charge < -0.3 is 15.2 Å². The average molecular weight is 291 g/mol. The number of carbonyl (C=O) groups excluding carboxylic acids is 1. The van der Waals surface area contributed by atoms with E-state index >= 15 is 0 Å². The molecule has 0 spiro atoms. The second-order valence-electron chi connectivity index (χ2n) is 3.99. The lowest BCUT2D eigenvalue weighted by Crippen LogP contribution is -2.33. The SMILES string of the molecule is CCOC(=O)C(N)CCOc1ccccc1C(F)(F)F. The third-order valence-corrected chi connectivity index (χ3v) is 2.47. The van der Waals surface area contributed by atoms with E-state index in [4.69, 9.17) is 10.5 Å². The Bertz CT molecular complexity index is 449. The second-order valence-corrected chi connectivity index (χ2v) is 3.99. The molecule has 1 rings (SSSR count). The molecule has 1 aromatic carbocycles. The number of nitrogens with two attached hydrogens (primary N) is 1. The number of hydrogen-bond donors (Lipinski definition) is 1. The van der Waals surface area contributed by atoms with Gasteiger partial charge in [0, 0.05) is 6.42 Å². The minimum absolute atomic E-state index is 0.0744. The Labute approximate surface area is 114 Å². The summed E-state index contributed by atoms with van der Waals surface area (Å²) >= 11 is 0. The van der Waals surface area contributed by atoms with Crippen molar-refractivity contribution in [2.45, 2.75) is 25.6 Å². The van der Waals surface area contributed by atoms with Gasteiger partial charge in [-0.1, -0.05) is 12.1 Å². The zero-order valence-corrected chi connectivity index (χ0v) is 10.9. The summed E-state index contributed by atoms with van der Waals surface area (Å²) in [6.45, 7) is 1.73. The fourth-order valence-electron chi connectivity index (χ4n) is 1.49. The molecule has 2 N–H and O–H groups in total. The topological polar surface area (TPSA) is 61.5 Å². The maximum atomic E-state index is 12.7. The molecule has 0 saturated heterocycles. The number of esters is 1. The van der Waals surface area contributed by atoms with Crippen LogP contribution in [0.2, 0.25) is 0 Å². The lowest BCUT2D eigenvalue weighted by Gasteiger charge is -2.15. The number of para-hydroxylation sites is 1. The van der Waals surface area contributed by atoms with Crippen molar-refractivity contribution in [1.29, 1.82) is 0 Å². The zero-order valence-electron chi connectivity index (χ0n) is 10.9. The summed E-state index contributed by atoms with van der Waals surface area (Å²) in [6.07, 6.45) is -4.41. The van der Waals surface area contributed by atoms with Crippen LogP contribution in [0.15, 0.2) is 24.3 Å². The second kappa shape index (κ2) is 7.14. The molecular formula is C13H16F3NO3. The molecule has 0 saturated carbocycles. The minimum Gasteiger partial charge on any atom is -0.493 e. The highest BCUT2D eigenvalue weighted by atomic mass is 19.4. The Kier molecular flexibility index (Phi) is 5.82. The predicted molar refractivity (Wildman–Crippen MR) is 66.2 cm³/mol. The molecular weight excluding hydrogens is 275 g/mol. The van der Waals surface area contributed by atoms with Gasteiger partial charge in [-0.2, -0.15) is 13.2 Å². The molecule has 0 aliphatic carbocycles. The van der Waals surface area contributed by atoms with E-state index in [0.717, 1.165) is 6.07 Å². The van der Waals surface area contributed by atoms with Crippen molar-refractivity contribution in [3.05, 3.63) is 29.8 Å².